The molecular weight excluding hydrogens is 362 g/mol. The maximum Gasteiger partial charge on any atom is 0.251 e. The van der Waals surface area contributed by atoms with Crippen molar-refractivity contribution in [2.75, 3.05) is 13.6 Å². The quantitative estimate of drug-likeness (QED) is 0.753. The molecule has 6 heteroatoms. The Morgan fingerprint density at radius 2 is 1.89 bits per heavy atom. The summed E-state index contributed by atoms with van der Waals surface area (Å²) in [6.45, 7) is 4.52. The molecule has 2 aromatic rings. The summed E-state index contributed by atoms with van der Waals surface area (Å²) in [7, 11) is 1.76. The molecule has 144 valence electrons. The van der Waals surface area contributed by atoms with Gasteiger partial charge in [0.15, 0.2) is 0 Å². The van der Waals surface area contributed by atoms with Crippen LogP contribution in [0.15, 0.2) is 48.7 Å². The second kappa shape index (κ2) is 10.1. The lowest BCUT2D eigenvalue weighted by Gasteiger charge is -2.28. The van der Waals surface area contributed by atoms with Crippen molar-refractivity contribution < 1.29 is 9.59 Å². The maximum absolute atomic E-state index is 13.0. The fourth-order valence-electron chi connectivity index (χ4n) is 2.68. The number of hydrogen-bond acceptors (Lipinski definition) is 3. The van der Waals surface area contributed by atoms with Gasteiger partial charge < -0.3 is 10.2 Å². The van der Waals surface area contributed by atoms with Crippen molar-refractivity contribution in [2.24, 2.45) is 5.92 Å². The Bertz CT molecular complexity index is 750. The van der Waals surface area contributed by atoms with Gasteiger partial charge in [-0.25, -0.2) is 0 Å². The Labute approximate surface area is 165 Å². The van der Waals surface area contributed by atoms with Crippen LogP contribution in [0.4, 0.5) is 0 Å². The van der Waals surface area contributed by atoms with Gasteiger partial charge in [0.2, 0.25) is 5.91 Å². The number of benzene rings is 1. The minimum absolute atomic E-state index is 0.0195. The summed E-state index contributed by atoms with van der Waals surface area (Å²) in [4.78, 5) is 31.5. The molecule has 0 fully saturated rings. The first-order chi connectivity index (χ1) is 12.9. The van der Waals surface area contributed by atoms with Gasteiger partial charge in [-0.15, -0.1) is 0 Å². The molecule has 0 aliphatic heterocycles. The average Bonchev–Trinajstić information content (AvgIpc) is 2.70. The lowest BCUT2D eigenvalue weighted by Crippen LogP contribution is -2.51. The molecule has 2 amide bonds. The van der Waals surface area contributed by atoms with E-state index in [1.165, 1.54) is 0 Å². The number of carbonyl (C=O) groups is 2. The van der Waals surface area contributed by atoms with E-state index in [9.17, 15) is 9.59 Å². The Morgan fingerprint density at radius 3 is 2.48 bits per heavy atom. The van der Waals surface area contributed by atoms with Gasteiger partial charge in [0, 0.05) is 42.5 Å². The Kier molecular flexibility index (Phi) is 7.80. The number of rotatable bonds is 8. The molecule has 0 spiro atoms. The monoisotopic (exact) mass is 387 g/mol. The van der Waals surface area contributed by atoms with Gasteiger partial charge in [0.1, 0.15) is 6.04 Å². The average molecular weight is 388 g/mol. The number of amides is 2. The minimum Gasteiger partial charge on any atom is -0.344 e. The van der Waals surface area contributed by atoms with Crippen LogP contribution < -0.4 is 5.32 Å². The van der Waals surface area contributed by atoms with Crippen LogP contribution in [-0.4, -0.2) is 41.3 Å². The number of likely N-dealkylation sites (N-methyl/N-ethyl adjacent to an activating group) is 1. The minimum atomic E-state index is -0.577. The lowest BCUT2D eigenvalue weighted by molar-refractivity contribution is -0.133. The molecule has 1 aromatic carbocycles. The van der Waals surface area contributed by atoms with E-state index in [0.29, 0.717) is 23.6 Å². The van der Waals surface area contributed by atoms with Crippen LogP contribution in [-0.2, 0) is 11.2 Å². The standard InChI is InChI=1S/C21H26ClN3O2/c1-4-15(2)19(24-20(26)16-8-10-17(22)11-9-16)21(27)25(3)14-12-18-7-5-6-13-23-18/h5-11,13,15,19H,4,12,14H2,1-3H3,(H,24,26). The van der Waals surface area contributed by atoms with Crippen molar-refractivity contribution >= 4 is 23.4 Å². The van der Waals surface area contributed by atoms with Crippen molar-refractivity contribution in [3.05, 3.63) is 64.9 Å². The molecule has 2 unspecified atom stereocenters. The first kappa shape index (κ1) is 20.9. The van der Waals surface area contributed by atoms with Crippen molar-refractivity contribution in [1.29, 1.82) is 0 Å². The number of nitrogens with zero attached hydrogens (tertiary/aromatic N) is 2. The number of halogens is 1. The van der Waals surface area contributed by atoms with E-state index in [1.54, 1.807) is 42.4 Å². The zero-order valence-electron chi connectivity index (χ0n) is 16.0. The van der Waals surface area contributed by atoms with Gasteiger partial charge in [0.05, 0.1) is 0 Å². The van der Waals surface area contributed by atoms with Crippen molar-refractivity contribution in [3.8, 4) is 0 Å². The van der Waals surface area contributed by atoms with E-state index in [2.05, 4.69) is 10.3 Å². The number of aromatic nitrogens is 1. The highest BCUT2D eigenvalue weighted by Crippen LogP contribution is 2.14. The van der Waals surface area contributed by atoms with E-state index in [-0.39, 0.29) is 17.7 Å². The van der Waals surface area contributed by atoms with Crippen molar-refractivity contribution in [1.82, 2.24) is 15.2 Å². The summed E-state index contributed by atoms with van der Waals surface area (Å²) >= 11 is 5.87. The topological polar surface area (TPSA) is 62.3 Å². The van der Waals surface area contributed by atoms with E-state index >= 15 is 0 Å². The van der Waals surface area contributed by atoms with Crippen molar-refractivity contribution in [3.63, 3.8) is 0 Å². The highest BCUT2D eigenvalue weighted by molar-refractivity contribution is 6.30. The fraction of sp³-hybridized carbons (Fsp3) is 0.381. The molecule has 5 nitrogen and oxygen atoms in total. The predicted octanol–water partition coefficient (Wildman–Crippen LogP) is 3.58. The van der Waals surface area contributed by atoms with E-state index < -0.39 is 6.04 Å². The van der Waals surface area contributed by atoms with Gasteiger partial charge in [-0.05, 0) is 42.3 Å². The molecule has 27 heavy (non-hydrogen) atoms. The highest BCUT2D eigenvalue weighted by Gasteiger charge is 2.28. The van der Waals surface area contributed by atoms with Gasteiger partial charge in [0.25, 0.3) is 5.91 Å². The molecule has 1 N–H and O–H groups in total. The normalized spacial score (nSPS) is 12.9. The number of pyridine rings is 1. The summed E-state index contributed by atoms with van der Waals surface area (Å²) in [5.74, 6) is -0.350. The zero-order chi connectivity index (χ0) is 19.8. The van der Waals surface area contributed by atoms with Crippen LogP contribution in [0.2, 0.25) is 5.02 Å². The molecule has 0 radical (unpaired) electrons. The smallest absolute Gasteiger partial charge is 0.251 e. The number of hydrogen-bond donors (Lipinski definition) is 1. The third kappa shape index (κ3) is 6.07. The third-order valence-electron chi connectivity index (χ3n) is 4.68. The second-order valence-corrected chi connectivity index (χ2v) is 7.11. The summed E-state index contributed by atoms with van der Waals surface area (Å²) in [6, 6.07) is 11.8. The van der Waals surface area contributed by atoms with Gasteiger partial charge >= 0.3 is 0 Å². The second-order valence-electron chi connectivity index (χ2n) is 6.67. The first-order valence-electron chi connectivity index (χ1n) is 9.13. The molecule has 0 bridgehead atoms. The van der Waals surface area contributed by atoms with Crippen LogP contribution in [0.5, 0.6) is 0 Å². The largest absolute Gasteiger partial charge is 0.344 e. The lowest BCUT2D eigenvalue weighted by atomic mass is 9.97. The Morgan fingerprint density at radius 1 is 1.19 bits per heavy atom. The molecule has 0 aliphatic carbocycles. The fourth-order valence-corrected chi connectivity index (χ4v) is 2.81. The van der Waals surface area contributed by atoms with Gasteiger partial charge in [-0.3, -0.25) is 14.6 Å². The summed E-state index contributed by atoms with van der Waals surface area (Å²) in [5, 5.41) is 3.46. The maximum atomic E-state index is 13.0. The van der Waals surface area contributed by atoms with E-state index in [4.69, 9.17) is 11.6 Å². The van der Waals surface area contributed by atoms with Crippen LogP contribution in [0.3, 0.4) is 0 Å². The molecule has 2 atom stereocenters. The predicted molar refractivity (Wildman–Crippen MR) is 108 cm³/mol. The molecule has 2 rings (SSSR count). The van der Waals surface area contributed by atoms with Crippen LogP contribution >= 0.6 is 11.6 Å². The molecule has 0 saturated heterocycles. The highest BCUT2D eigenvalue weighted by atomic mass is 35.5. The van der Waals surface area contributed by atoms with E-state index in [1.807, 2.05) is 32.0 Å². The molecule has 0 aliphatic rings. The number of nitrogens with one attached hydrogen (secondary N) is 1. The SMILES string of the molecule is CCC(C)C(NC(=O)c1ccc(Cl)cc1)C(=O)N(C)CCc1ccccn1. The van der Waals surface area contributed by atoms with E-state index in [0.717, 1.165) is 12.1 Å². The van der Waals surface area contributed by atoms with Gasteiger partial charge in [-0.2, -0.15) is 0 Å². The van der Waals surface area contributed by atoms with Crippen LogP contribution in [0.1, 0.15) is 36.3 Å². The summed E-state index contributed by atoms with van der Waals surface area (Å²) < 4.78 is 0. The van der Waals surface area contributed by atoms with Crippen LogP contribution in [0.25, 0.3) is 0 Å². The van der Waals surface area contributed by atoms with Crippen LogP contribution in [0, 0.1) is 5.92 Å². The third-order valence-corrected chi connectivity index (χ3v) is 4.93. The molecule has 1 aromatic heterocycles. The zero-order valence-corrected chi connectivity index (χ0v) is 16.7. The Balaban J connectivity index is 2.04. The number of carbonyl (C=O) groups excluding carboxylic acids is 2. The molecule has 0 saturated carbocycles. The summed E-state index contributed by atoms with van der Waals surface area (Å²) in [5.41, 5.74) is 1.42. The molecule has 1 heterocycles. The molecular formula is C21H26ClN3O2. The Hall–Kier alpha value is -2.40. The first-order valence-corrected chi connectivity index (χ1v) is 9.51. The van der Waals surface area contributed by atoms with Crippen molar-refractivity contribution in [2.45, 2.75) is 32.7 Å². The van der Waals surface area contributed by atoms with Gasteiger partial charge in [-0.1, -0.05) is 37.9 Å². The summed E-state index contributed by atoms with van der Waals surface area (Å²) in [6.07, 6.45) is 3.19.